The van der Waals surface area contributed by atoms with Crippen LogP contribution in [0.4, 0.5) is 0 Å². The molecule has 0 fully saturated rings. The third kappa shape index (κ3) is 8.37. The van der Waals surface area contributed by atoms with Gasteiger partial charge in [0.15, 0.2) is 23.3 Å². The minimum Gasteiger partial charge on any atom is -0.490 e. The summed E-state index contributed by atoms with van der Waals surface area (Å²) in [7, 11) is 0. The van der Waals surface area contributed by atoms with E-state index in [2.05, 4.69) is 32.7 Å². The number of benzene rings is 1. The van der Waals surface area contributed by atoms with Gasteiger partial charge in [0.2, 0.25) is 5.89 Å². The molecule has 2 rings (SSSR count). The maximum absolute atomic E-state index is 5.74. The Morgan fingerprint density at radius 1 is 1.17 bits per heavy atom. The van der Waals surface area contributed by atoms with Gasteiger partial charge in [-0.25, -0.2) is 0 Å². The van der Waals surface area contributed by atoms with E-state index in [0.29, 0.717) is 31.5 Å². The predicted molar refractivity (Wildman–Crippen MR) is 129 cm³/mol. The number of hydrogen-bond acceptors (Lipinski definition) is 6. The lowest BCUT2D eigenvalue weighted by Crippen LogP contribution is -2.38. The highest BCUT2D eigenvalue weighted by atomic mass is 127. The SMILES string of the molecule is CCNC(=NCCCc1nc(C)no1)NC(C)c1ccc(OCC)c(OCC)c1.I. The van der Waals surface area contributed by atoms with E-state index in [9.17, 15) is 0 Å². The number of aliphatic imine (C=N–C) groups is 1. The number of halogens is 1. The molecule has 168 valence electrons. The summed E-state index contributed by atoms with van der Waals surface area (Å²) >= 11 is 0. The first-order chi connectivity index (χ1) is 14.1. The van der Waals surface area contributed by atoms with Gasteiger partial charge in [-0.3, -0.25) is 4.99 Å². The molecular formula is C21H34IN5O3. The molecule has 0 aliphatic heterocycles. The summed E-state index contributed by atoms with van der Waals surface area (Å²) in [6, 6.07) is 6.08. The quantitative estimate of drug-likeness (QED) is 0.196. The van der Waals surface area contributed by atoms with E-state index in [0.717, 1.165) is 42.4 Å². The second kappa shape index (κ2) is 14.1. The highest BCUT2D eigenvalue weighted by Gasteiger charge is 2.12. The lowest BCUT2D eigenvalue weighted by molar-refractivity contribution is 0.287. The number of aryl methyl sites for hydroxylation is 2. The van der Waals surface area contributed by atoms with Crippen LogP contribution in [-0.2, 0) is 6.42 Å². The second-order valence-electron chi connectivity index (χ2n) is 6.54. The molecule has 1 heterocycles. The Balaban J connectivity index is 0.00000450. The summed E-state index contributed by atoms with van der Waals surface area (Å²) in [4.78, 5) is 8.87. The number of nitrogens with one attached hydrogen (secondary N) is 2. The Labute approximate surface area is 196 Å². The van der Waals surface area contributed by atoms with Gasteiger partial charge in [0.1, 0.15) is 0 Å². The fraction of sp³-hybridized carbons (Fsp3) is 0.571. The van der Waals surface area contributed by atoms with Crippen molar-refractivity contribution in [3.05, 3.63) is 35.5 Å². The Kier molecular flexibility index (Phi) is 12.2. The molecule has 0 aliphatic rings. The zero-order chi connectivity index (χ0) is 21.1. The standard InChI is InChI=1S/C21H33N5O3.HI/c1-6-22-21(23-13-9-10-20-25-16(5)26-29-20)24-15(4)17-11-12-18(27-7-2)19(14-17)28-8-3;/h11-12,14-15H,6-10,13H2,1-5H3,(H2,22,23,24);1H. The predicted octanol–water partition coefficient (Wildman–Crippen LogP) is 4.04. The Bertz CT molecular complexity index is 782. The van der Waals surface area contributed by atoms with Crippen LogP contribution in [0.15, 0.2) is 27.7 Å². The molecule has 0 amide bonds. The number of guanidine groups is 1. The van der Waals surface area contributed by atoms with Gasteiger partial charge in [-0.2, -0.15) is 4.98 Å². The minimum atomic E-state index is 0. The number of rotatable bonds is 11. The van der Waals surface area contributed by atoms with Crippen molar-refractivity contribution < 1.29 is 14.0 Å². The van der Waals surface area contributed by atoms with Crippen molar-refractivity contribution in [1.82, 2.24) is 20.8 Å². The van der Waals surface area contributed by atoms with E-state index in [1.54, 1.807) is 0 Å². The van der Waals surface area contributed by atoms with Gasteiger partial charge in [0.05, 0.1) is 19.3 Å². The average Bonchev–Trinajstić information content (AvgIpc) is 3.12. The molecule has 1 atom stereocenters. The average molecular weight is 531 g/mol. The summed E-state index contributed by atoms with van der Waals surface area (Å²) in [5, 5.41) is 10.5. The van der Waals surface area contributed by atoms with Crippen LogP contribution in [0.3, 0.4) is 0 Å². The molecule has 0 saturated heterocycles. The van der Waals surface area contributed by atoms with Gasteiger partial charge in [-0.1, -0.05) is 11.2 Å². The largest absolute Gasteiger partial charge is 0.490 e. The van der Waals surface area contributed by atoms with Crippen LogP contribution in [0.1, 0.15) is 57.4 Å². The maximum Gasteiger partial charge on any atom is 0.226 e. The summed E-state index contributed by atoms with van der Waals surface area (Å²) in [6.45, 7) is 12.5. The molecule has 0 aliphatic carbocycles. The molecule has 2 aromatic rings. The van der Waals surface area contributed by atoms with Crippen molar-refractivity contribution in [2.24, 2.45) is 4.99 Å². The van der Waals surface area contributed by atoms with Crippen molar-refractivity contribution in [2.75, 3.05) is 26.3 Å². The van der Waals surface area contributed by atoms with Gasteiger partial charge < -0.3 is 24.6 Å². The minimum absolute atomic E-state index is 0. The molecule has 0 spiro atoms. The van der Waals surface area contributed by atoms with Crippen molar-refractivity contribution in [1.29, 1.82) is 0 Å². The van der Waals surface area contributed by atoms with Gasteiger partial charge in [-0.05, 0) is 58.7 Å². The van der Waals surface area contributed by atoms with Crippen LogP contribution in [0.5, 0.6) is 11.5 Å². The third-order valence-corrected chi connectivity index (χ3v) is 4.15. The van der Waals surface area contributed by atoms with Gasteiger partial charge in [0, 0.05) is 19.5 Å². The van der Waals surface area contributed by atoms with Crippen molar-refractivity contribution >= 4 is 29.9 Å². The van der Waals surface area contributed by atoms with E-state index in [1.165, 1.54) is 0 Å². The number of hydrogen-bond donors (Lipinski definition) is 2. The van der Waals surface area contributed by atoms with E-state index in [1.807, 2.05) is 45.9 Å². The van der Waals surface area contributed by atoms with E-state index in [-0.39, 0.29) is 30.0 Å². The monoisotopic (exact) mass is 531 g/mol. The summed E-state index contributed by atoms with van der Waals surface area (Å²) in [6.07, 6.45) is 1.56. The van der Waals surface area contributed by atoms with Gasteiger partial charge >= 0.3 is 0 Å². The highest BCUT2D eigenvalue weighted by Crippen LogP contribution is 2.30. The summed E-state index contributed by atoms with van der Waals surface area (Å²) in [5.41, 5.74) is 1.10. The van der Waals surface area contributed by atoms with Crippen molar-refractivity contribution in [2.45, 2.75) is 53.5 Å². The molecule has 30 heavy (non-hydrogen) atoms. The van der Waals surface area contributed by atoms with E-state index >= 15 is 0 Å². The third-order valence-electron chi connectivity index (χ3n) is 4.15. The fourth-order valence-electron chi connectivity index (χ4n) is 2.81. The zero-order valence-electron chi connectivity index (χ0n) is 18.5. The second-order valence-corrected chi connectivity index (χ2v) is 6.54. The van der Waals surface area contributed by atoms with Crippen LogP contribution in [0.25, 0.3) is 0 Å². The maximum atomic E-state index is 5.74. The summed E-state index contributed by atoms with van der Waals surface area (Å²) in [5.74, 6) is 3.61. The molecule has 0 bridgehead atoms. The molecule has 0 radical (unpaired) electrons. The summed E-state index contributed by atoms with van der Waals surface area (Å²) < 4.78 is 16.5. The van der Waals surface area contributed by atoms with Crippen LogP contribution < -0.4 is 20.1 Å². The topological polar surface area (TPSA) is 93.8 Å². The van der Waals surface area contributed by atoms with Gasteiger partial charge in [-0.15, -0.1) is 24.0 Å². The number of aromatic nitrogens is 2. The van der Waals surface area contributed by atoms with Crippen LogP contribution >= 0.6 is 24.0 Å². The van der Waals surface area contributed by atoms with Crippen LogP contribution in [0, 0.1) is 6.92 Å². The lowest BCUT2D eigenvalue weighted by Gasteiger charge is -2.20. The normalized spacial score (nSPS) is 12.1. The van der Waals surface area contributed by atoms with Gasteiger partial charge in [0.25, 0.3) is 0 Å². The molecule has 9 heteroatoms. The first-order valence-electron chi connectivity index (χ1n) is 10.3. The zero-order valence-corrected chi connectivity index (χ0v) is 20.9. The Hall–Kier alpha value is -2.04. The van der Waals surface area contributed by atoms with Crippen LogP contribution in [-0.4, -0.2) is 42.4 Å². The van der Waals surface area contributed by atoms with E-state index < -0.39 is 0 Å². The molecule has 1 aromatic heterocycles. The molecule has 1 aromatic carbocycles. The fourth-order valence-corrected chi connectivity index (χ4v) is 2.81. The lowest BCUT2D eigenvalue weighted by atomic mass is 10.1. The van der Waals surface area contributed by atoms with E-state index in [4.69, 9.17) is 14.0 Å². The molecule has 2 N–H and O–H groups in total. The van der Waals surface area contributed by atoms with Crippen molar-refractivity contribution in [3.8, 4) is 11.5 Å². The molecule has 0 saturated carbocycles. The number of nitrogens with zero attached hydrogens (tertiary/aromatic N) is 3. The van der Waals surface area contributed by atoms with Crippen molar-refractivity contribution in [3.63, 3.8) is 0 Å². The first-order valence-corrected chi connectivity index (χ1v) is 10.3. The molecule has 8 nitrogen and oxygen atoms in total. The van der Waals surface area contributed by atoms with Crippen LogP contribution in [0.2, 0.25) is 0 Å². The Morgan fingerprint density at radius 3 is 2.53 bits per heavy atom. The number of ether oxygens (including phenoxy) is 2. The smallest absolute Gasteiger partial charge is 0.226 e. The Morgan fingerprint density at radius 2 is 1.90 bits per heavy atom. The first kappa shape index (κ1) is 26.0. The molecular weight excluding hydrogens is 497 g/mol. The highest BCUT2D eigenvalue weighted by molar-refractivity contribution is 14.0. The molecule has 1 unspecified atom stereocenters.